The van der Waals surface area contributed by atoms with E-state index in [0.29, 0.717) is 10.8 Å². The summed E-state index contributed by atoms with van der Waals surface area (Å²) in [5.74, 6) is 5.46. The Balaban J connectivity index is 0.00000240. The Kier molecular flexibility index (Phi) is 7.40. The quantitative estimate of drug-likeness (QED) is 0.348. The average molecular weight is 443 g/mol. The van der Waals surface area contributed by atoms with Crippen LogP contribution in [0.2, 0.25) is 0 Å². The van der Waals surface area contributed by atoms with Gasteiger partial charge in [0.25, 0.3) is 0 Å². The molecule has 0 aliphatic heterocycles. The van der Waals surface area contributed by atoms with E-state index in [1.54, 1.807) is 5.57 Å². The number of hydrogen-bond acceptors (Lipinski definition) is 1. The molecule has 0 amide bonds. The second kappa shape index (κ2) is 8.99. The van der Waals surface area contributed by atoms with Crippen molar-refractivity contribution in [2.24, 2.45) is 46.3 Å². The molecule has 4 rings (SSSR count). The van der Waals surface area contributed by atoms with Crippen molar-refractivity contribution >= 4 is 0 Å². The summed E-state index contributed by atoms with van der Waals surface area (Å²) >= 11 is 0. The summed E-state index contributed by atoms with van der Waals surface area (Å²) in [7, 11) is 0. The Morgan fingerprint density at radius 1 is 1.00 bits per heavy atom. The molecule has 0 aromatic rings. The van der Waals surface area contributed by atoms with Crippen LogP contribution in [-0.2, 0) is 17.1 Å². The molecule has 1 N–H and O–H groups in total. The van der Waals surface area contributed by atoms with E-state index in [1.165, 1.54) is 57.8 Å². The van der Waals surface area contributed by atoms with Crippen molar-refractivity contribution in [1.29, 1.82) is 0 Å². The fraction of sp³-hybridized carbons (Fsp3) is 0.926. The molecule has 0 aromatic heterocycles. The van der Waals surface area contributed by atoms with Gasteiger partial charge in [0.2, 0.25) is 0 Å². The molecular formula is C27H46FeO. The van der Waals surface area contributed by atoms with Crippen molar-refractivity contribution in [3.63, 3.8) is 0 Å². The van der Waals surface area contributed by atoms with E-state index in [2.05, 4.69) is 40.7 Å². The van der Waals surface area contributed by atoms with Gasteiger partial charge in [-0.1, -0.05) is 65.5 Å². The van der Waals surface area contributed by atoms with E-state index in [-0.39, 0.29) is 23.2 Å². The maximum atomic E-state index is 10.2. The first-order valence-electron chi connectivity index (χ1n) is 12.6. The second-order valence-corrected chi connectivity index (χ2v) is 12.2. The molecule has 0 bridgehead atoms. The van der Waals surface area contributed by atoms with Gasteiger partial charge >= 0.3 is 0 Å². The predicted octanol–water partition coefficient (Wildman–Crippen LogP) is 7.39. The maximum absolute atomic E-state index is 10.2. The van der Waals surface area contributed by atoms with E-state index in [4.69, 9.17) is 0 Å². The predicted molar refractivity (Wildman–Crippen MR) is 119 cm³/mol. The van der Waals surface area contributed by atoms with Crippen LogP contribution in [0.3, 0.4) is 0 Å². The van der Waals surface area contributed by atoms with Crippen LogP contribution in [-0.4, -0.2) is 11.2 Å². The van der Waals surface area contributed by atoms with Gasteiger partial charge in [0.1, 0.15) is 0 Å². The van der Waals surface area contributed by atoms with Crippen molar-refractivity contribution in [1.82, 2.24) is 0 Å². The molecule has 0 spiro atoms. The van der Waals surface area contributed by atoms with Crippen molar-refractivity contribution in [3.8, 4) is 0 Å². The van der Waals surface area contributed by atoms with Gasteiger partial charge in [0.15, 0.2) is 0 Å². The van der Waals surface area contributed by atoms with Crippen LogP contribution in [0.5, 0.6) is 0 Å². The normalized spacial score (nSPS) is 44.9. The SMILES string of the molecule is CC(C)CCC[C@@H](C)[C@H]1CC[C@H]2[C@@H]3CC=C4C[C@@H](O)CC[C@]4(C)[C@H]3CC[C@]12C.[Fe]. The van der Waals surface area contributed by atoms with Crippen molar-refractivity contribution in [2.75, 3.05) is 0 Å². The molecular weight excluding hydrogens is 396 g/mol. The zero-order valence-corrected chi connectivity index (χ0v) is 20.8. The summed E-state index contributed by atoms with van der Waals surface area (Å²) in [6.45, 7) is 12.6. The second-order valence-electron chi connectivity index (χ2n) is 12.2. The molecule has 4 aliphatic rings. The summed E-state index contributed by atoms with van der Waals surface area (Å²) in [6, 6.07) is 0. The first kappa shape index (κ1) is 23.9. The van der Waals surface area contributed by atoms with E-state index in [1.807, 2.05) is 0 Å². The zero-order chi connectivity index (χ0) is 20.1. The monoisotopic (exact) mass is 442 g/mol. The Labute approximate surface area is 191 Å². The van der Waals surface area contributed by atoms with E-state index in [9.17, 15) is 5.11 Å². The molecule has 0 aromatic carbocycles. The number of aliphatic hydroxyl groups excluding tert-OH is 1. The average Bonchev–Trinajstić information content (AvgIpc) is 2.99. The van der Waals surface area contributed by atoms with Gasteiger partial charge in [0, 0.05) is 17.1 Å². The van der Waals surface area contributed by atoms with Crippen molar-refractivity contribution in [2.45, 2.75) is 111 Å². The molecule has 4 aliphatic carbocycles. The molecule has 0 saturated heterocycles. The van der Waals surface area contributed by atoms with Gasteiger partial charge in [-0.3, -0.25) is 0 Å². The van der Waals surface area contributed by atoms with Crippen LogP contribution >= 0.6 is 0 Å². The molecule has 1 nitrogen and oxygen atoms in total. The summed E-state index contributed by atoms with van der Waals surface area (Å²) < 4.78 is 0. The smallest absolute Gasteiger partial charge is 0.0577 e. The minimum Gasteiger partial charge on any atom is -0.393 e. The minimum absolute atomic E-state index is 0. The van der Waals surface area contributed by atoms with Crippen LogP contribution in [0.1, 0.15) is 105 Å². The standard InChI is InChI=1S/C27H46O.Fe/c1-18(2)7-6-8-19(3)23-11-12-24-22-10-9-20-17-21(28)13-15-26(20,4)25(22)14-16-27(23,24)5;/h9,18-19,21-25,28H,6-8,10-17H2,1-5H3;/t19-,21+,22+,23-,24+,25+,26+,27-;/m1./s1. The van der Waals surface area contributed by atoms with E-state index < -0.39 is 0 Å². The van der Waals surface area contributed by atoms with Gasteiger partial charge in [-0.15, -0.1) is 0 Å². The number of allylic oxidation sites excluding steroid dienone is 1. The summed E-state index contributed by atoms with van der Waals surface area (Å²) in [6.07, 6.45) is 17.2. The maximum Gasteiger partial charge on any atom is 0.0577 e. The topological polar surface area (TPSA) is 20.2 Å². The van der Waals surface area contributed by atoms with Gasteiger partial charge in [-0.2, -0.15) is 0 Å². The summed E-state index contributed by atoms with van der Waals surface area (Å²) in [5, 5.41) is 10.2. The number of aliphatic hydroxyl groups is 1. The third kappa shape index (κ3) is 4.17. The first-order valence-corrected chi connectivity index (χ1v) is 12.6. The molecule has 0 heterocycles. The van der Waals surface area contributed by atoms with Gasteiger partial charge < -0.3 is 5.11 Å². The summed E-state index contributed by atoms with van der Waals surface area (Å²) in [4.78, 5) is 0. The third-order valence-electron chi connectivity index (χ3n) is 10.3. The van der Waals surface area contributed by atoms with Crippen LogP contribution in [0, 0.1) is 46.3 Å². The fourth-order valence-electron chi connectivity index (χ4n) is 8.67. The first-order chi connectivity index (χ1) is 13.3. The molecule has 8 atom stereocenters. The van der Waals surface area contributed by atoms with Crippen molar-refractivity contribution < 1.29 is 22.2 Å². The number of rotatable bonds is 5. The van der Waals surface area contributed by atoms with Crippen molar-refractivity contribution in [3.05, 3.63) is 11.6 Å². The molecule has 3 saturated carbocycles. The largest absolute Gasteiger partial charge is 0.393 e. The van der Waals surface area contributed by atoms with E-state index in [0.717, 1.165) is 48.3 Å². The van der Waals surface area contributed by atoms with E-state index >= 15 is 0 Å². The summed E-state index contributed by atoms with van der Waals surface area (Å²) in [5.41, 5.74) is 2.60. The molecule has 2 heteroatoms. The number of fused-ring (bicyclic) bond motifs is 5. The fourth-order valence-corrected chi connectivity index (χ4v) is 8.67. The molecule has 168 valence electrons. The number of hydrogen-bond donors (Lipinski definition) is 1. The van der Waals surface area contributed by atoms with Gasteiger partial charge in [-0.25, -0.2) is 0 Å². The van der Waals surface area contributed by atoms with Crippen LogP contribution < -0.4 is 0 Å². The molecule has 3 fully saturated rings. The third-order valence-corrected chi connectivity index (χ3v) is 10.3. The Hall–Kier alpha value is 0.219. The van der Waals surface area contributed by atoms with Gasteiger partial charge in [0.05, 0.1) is 6.10 Å². The Morgan fingerprint density at radius 2 is 1.76 bits per heavy atom. The Morgan fingerprint density at radius 3 is 2.48 bits per heavy atom. The molecule has 0 unspecified atom stereocenters. The van der Waals surface area contributed by atoms with Crippen LogP contribution in [0.15, 0.2) is 11.6 Å². The zero-order valence-electron chi connectivity index (χ0n) is 19.7. The molecule has 0 radical (unpaired) electrons. The minimum atomic E-state index is -0.0766. The molecule has 29 heavy (non-hydrogen) atoms. The van der Waals surface area contributed by atoms with Crippen LogP contribution in [0.25, 0.3) is 0 Å². The van der Waals surface area contributed by atoms with Crippen LogP contribution in [0.4, 0.5) is 0 Å². The Bertz CT molecular complexity index is 597. The van der Waals surface area contributed by atoms with Gasteiger partial charge in [-0.05, 0) is 97.7 Å².